The van der Waals surface area contributed by atoms with Crippen LogP contribution in [-0.4, -0.2) is 139 Å². The van der Waals surface area contributed by atoms with Gasteiger partial charge in [0.15, 0.2) is 0 Å². The van der Waals surface area contributed by atoms with Gasteiger partial charge in [0.25, 0.3) is 0 Å². The first-order valence-corrected chi connectivity index (χ1v) is 32.4. The molecule has 0 radical (unpaired) electrons. The summed E-state index contributed by atoms with van der Waals surface area (Å²) >= 11 is 6.06. The van der Waals surface area contributed by atoms with Crippen LogP contribution in [0.3, 0.4) is 0 Å². The number of benzene rings is 3. The number of aliphatic carboxylic acids is 3. The van der Waals surface area contributed by atoms with E-state index in [0.29, 0.717) is 69.1 Å². The van der Waals surface area contributed by atoms with Crippen molar-refractivity contribution in [2.45, 2.75) is 110 Å². The highest BCUT2D eigenvalue weighted by Gasteiger charge is 2.37. The molecule has 88 heavy (non-hydrogen) atoms. The van der Waals surface area contributed by atoms with Crippen LogP contribution in [0.5, 0.6) is 0 Å². The molecule has 9 heterocycles. The molecule has 3 atom stereocenters. The van der Waals surface area contributed by atoms with E-state index in [1.807, 2.05) is 25.8 Å². The fourth-order valence-corrected chi connectivity index (χ4v) is 16.4. The smallest absolute Gasteiger partial charge is 0.307 e. The molecule has 6 aromatic heterocycles. The predicted molar refractivity (Wildman–Crippen MR) is 319 cm³/mol. The van der Waals surface area contributed by atoms with Crippen LogP contribution in [0.25, 0.3) is 32.7 Å². The Morgan fingerprint density at radius 1 is 0.489 bits per heavy atom. The van der Waals surface area contributed by atoms with Crippen LogP contribution in [0.4, 0.5) is 13.2 Å². The number of carboxylic acids is 3. The Morgan fingerprint density at radius 3 is 1.09 bits per heavy atom. The summed E-state index contributed by atoms with van der Waals surface area (Å²) in [6.07, 6.45) is 11.1. The first kappa shape index (κ1) is 63.0. The molecule has 12 rings (SSSR count). The Labute approximate surface area is 509 Å². The van der Waals surface area contributed by atoms with Crippen LogP contribution in [0.2, 0.25) is 5.15 Å². The Balaban J connectivity index is 0.000000146. The summed E-state index contributed by atoms with van der Waals surface area (Å²) in [4.78, 5) is 46.5. The van der Waals surface area contributed by atoms with Crippen LogP contribution in [0.1, 0.15) is 53.0 Å². The number of halogens is 4. The van der Waals surface area contributed by atoms with E-state index < -0.39 is 65.4 Å². The van der Waals surface area contributed by atoms with Gasteiger partial charge in [-0.25, -0.2) is 43.4 Å². The molecule has 3 unspecified atom stereocenters. The van der Waals surface area contributed by atoms with Gasteiger partial charge in [0, 0.05) is 123 Å². The zero-order valence-electron chi connectivity index (χ0n) is 47.5. The number of rotatable bonds is 15. The molecule has 0 saturated carbocycles. The summed E-state index contributed by atoms with van der Waals surface area (Å²) in [5, 5.41) is 30.5. The zero-order valence-corrected chi connectivity index (χ0v) is 50.7. The number of hydrogen-bond acceptors (Lipinski definition) is 12. The van der Waals surface area contributed by atoms with Crippen molar-refractivity contribution >= 4 is 92.3 Å². The Bertz CT molecular complexity index is 4340. The van der Waals surface area contributed by atoms with Gasteiger partial charge in [0.05, 0.1) is 50.5 Å². The second-order valence-electron chi connectivity index (χ2n) is 21.6. The van der Waals surface area contributed by atoms with E-state index in [9.17, 15) is 68.1 Å². The predicted octanol–water partition coefficient (Wildman–Crippen LogP) is 7.97. The fraction of sp³-hybridized carbons (Fsp3) is 0.300. The van der Waals surface area contributed by atoms with Gasteiger partial charge in [-0.05, 0) is 146 Å². The maximum atomic E-state index is 13.2. The number of likely N-dealkylation sites (N-methyl/N-ethyl adjacent to an activating group) is 3. The lowest BCUT2D eigenvalue weighted by Crippen LogP contribution is -2.42. The molecule has 3 aliphatic heterocycles. The average Bonchev–Trinajstić information content (AvgIpc) is 1.69. The lowest BCUT2D eigenvalue weighted by molar-refractivity contribution is -0.137. The van der Waals surface area contributed by atoms with E-state index in [1.165, 1.54) is 70.5 Å². The lowest BCUT2D eigenvalue weighted by atomic mass is 10.0. The molecule has 3 aliphatic rings. The summed E-state index contributed by atoms with van der Waals surface area (Å²) in [6.45, 7) is 1.17. The second-order valence-corrected chi connectivity index (χ2v) is 28.0. The minimum absolute atomic E-state index is 0.0216. The number of carboxylic acid groups (broad SMARTS) is 3. The highest BCUT2D eigenvalue weighted by molar-refractivity contribution is 7.89. The molecule has 0 aliphatic carbocycles. The highest BCUT2D eigenvalue weighted by Crippen LogP contribution is 2.37. The van der Waals surface area contributed by atoms with E-state index in [1.54, 1.807) is 37.1 Å². The maximum absolute atomic E-state index is 13.2. The summed E-state index contributed by atoms with van der Waals surface area (Å²) in [5.74, 6) is -4.27. The molecule has 28 heteroatoms. The van der Waals surface area contributed by atoms with Crippen LogP contribution in [0, 0.1) is 17.5 Å². The van der Waals surface area contributed by atoms with E-state index >= 15 is 0 Å². The number of hydrogen-bond donors (Lipinski definition) is 3. The SMILES string of the molecule is CN(C1CCc2c(CC(=O)O)c3cnc(Cl)cc3n2C1)S(=O)(=O)c1ccc(F)cc1.CN(C1CCc2c(CC(=O)O)c3cnccc3n2C1)S(=O)(=O)c1ccc(F)cc1.CN(C1CCc2c(CC(=O)O)c3cnccc3n2C1)S(=O)(=O)c1ccc(F)cc1. The van der Waals surface area contributed by atoms with Gasteiger partial charge >= 0.3 is 17.9 Å². The number of carbonyl (C=O) groups is 3. The first-order chi connectivity index (χ1) is 41.8. The van der Waals surface area contributed by atoms with Gasteiger partial charge in [-0.3, -0.25) is 24.4 Å². The standard InChI is InChI=1S/C20H19ClFN3O4S.2C20H20FN3O4S/c1-24(30(28,29)14-5-2-12(22)3-6-14)13-4-7-17-15(8-20(26)27)16-10-23-19(21)9-18(16)25(17)11-13;2*1-23(29(27,28)15-5-2-13(21)3-6-15)14-4-7-18-16(10-20(25)26)17-11-22-9-8-19(17)24(18)12-14/h2-3,5-6,9-10,13H,4,7-8,11H2,1H3,(H,26,27);2*2-3,5-6,8-9,11,14H,4,7,10,12H2,1H3,(H,25,26). The summed E-state index contributed by atoms with van der Waals surface area (Å²) < 4.78 is 127. The third kappa shape index (κ3) is 12.5. The minimum atomic E-state index is -3.81. The minimum Gasteiger partial charge on any atom is -0.481 e. The molecule has 0 fully saturated rings. The molecule has 21 nitrogen and oxygen atoms in total. The molecule has 9 aromatic rings. The van der Waals surface area contributed by atoms with Crippen molar-refractivity contribution in [3.05, 3.63) is 178 Å². The highest BCUT2D eigenvalue weighted by atomic mass is 35.5. The van der Waals surface area contributed by atoms with Crippen LogP contribution >= 0.6 is 11.6 Å². The third-order valence-corrected chi connectivity index (χ3v) is 22.6. The monoisotopic (exact) mass is 1290 g/mol. The number of aromatic nitrogens is 6. The van der Waals surface area contributed by atoms with Gasteiger partial charge in [-0.15, -0.1) is 0 Å². The molecule has 0 bridgehead atoms. The van der Waals surface area contributed by atoms with Gasteiger partial charge in [0.1, 0.15) is 22.6 Å². The normalized spacial score (nSPS) is 16.8. The van der Waals surface area contributed by atoms with Crippen molar-refractivity contribution in [1.29, 1.82) is 0 Å². The van der Waals surface area contributed by atoms with E-state index in [-0.39, 0.29) is 57.2 Å². The summed E-state index contributed by atoms with van der Waals surface area (Å²) in [5.41, 5.74) is 7.29. The summed E-state index contributed by atoms with van der Waals surface area (Å²) in [6, 6.07) is 18.6. The van der Waals surface area contributed by atoms with Gasteiger partial charge < -0.3 is 29.0 Å². The Hall–Kier alpha value is -8.05. The third-order valence-electron chi connectivity index (χ3n) is 16.6. The van der Waals surface area contributed by atoms with Gasteiger partial charge in [0.2, 0.25) is 30.1 Å². The number of pyridine rings is 3. The van der Waals surface area contributed by atoms with E-state index in [4.69, 9.17) is 11.6 Å². The first-order valence-electron chi connectivity index (χ1n) is 27.7. The van der Waals surface area contributed by atoms with Gasteiger partial charge in [-0.2, -0.15) is 12.9 Å². The van der Waals surface area contributed by atoms with Crippen LogP contribution in [-0.2, 0) is 103 Å². The molecular weight excluding hydrogens is 1230 g/mol. The van der Waals surface area contributed by atoms with Crippen molar-refractivity contribution in [3.63, 3.8) is 0 Å². The van der Waals surface area contributed by atoms with Crippen LogP contribution in [0.15, 0.2) is 137 Å². The Kier molecular flexibility index (Phi) is 18.0. The number of sulfonamides is 3. The quantitative estimate of drug-likeness (QED) is 0.0821. The molecule has 0 saturated heterocycles. The lowest BCUT2D eigenvalue weighted by Gasteiger charge is -2.32. The van der Waals surface area contributed by atoms with E-state index in [0.717, 1.165) is 91.9 Å². The molecular formula is C60H59ClF3N9O12S3. The van der Waals surface area contributed by atoms with Crippen molar-refractivity contribution in [1.82, 2.24) is 41.6 Å². The molecule has 462 valence electrons. The average molecular weight is 1290 g/mol. The Morgan fingerprint density at radius 2 is 0.784 bits per heavy atom. The van der Waals surface area contributed by atoms with E-state index in [2.05, 4.69) is 15.0 Å². The second kappa shape index (κ2) is 25.2. The van der Waals surface area contributed by atoms with Crippen molar-refractivity contribution in [2.24, 2.45) is 0 Å². The van der Waals surface area contributed by atoms with Crippen molar-refractivity contribution in [2.75, 3.05) is 21.1 Å². The molecule has 0 spiro atoms. The summed E-state index contributed by atoms with van der Waals surface area (Å²) in [7, 11) is -6.80. The maximum Gasteiger partial charge on any atom is 0.307 e. The fourth-order valence-electron chi connectivity index (χ4n) is 12.1. The van der Waals surface area contributed by atoms with Crippen molar-refractivity contribution in [3.8, 4) is 0 Å². The van der Waals surface area contributed by atoms with Gasteiger partial charge in [-0.1, -0.05) is 11.6 Å². The molecule has 0 amide bonds. The number of nitrogens with zero attached hydrogens (tertiary/aromatic N) is 9. The molecule has 3 N–H and O–H groups in total. The van der Waals surface area contributed by atoms with Crippen LogP contribution < -0.4 is 0 Å². The van der Waals surface area contributed by atoms with Crippen molar-refractivity contribution < 1.29 is 68.1 Å². The number of fused-ring (bicyclic) bond motifs is 9. The topological polar surface area (TPSA) is 278 Å². The largest absolute Gasteiger partial charge is 0.481 e. The molecule has 3 aromatic carbocycles. The zero-order chi connectivity index (χ0) is 63.1.